The third-order valence-electron chi connectivity index (χ3n) is 3.76. The van der Waals surface area contributed by atoms with E-state index in [0.717, 1.165) is 5.56 Å². The van der Waals surface area contributed by atoms with E-state index in [1.165, 1.54) is 18.3 Å². The zero-order valence-corrected chi connectivity index (χ0v) is 16.0. The summed E-state index contributed by atoms with van der Waals surface area (Å²) in [5.41, 5.74) is 4.40. The average molecular weight is 417 g/mol. The predicted molar refractivity (Wildman–Crippen MR) is 109 cm³/mol. The minimum Gasteiger partial charge on any atom is -0.489 e. The van der Waals surface area contributed by atoms with Gasteiger partial charge in [0.25, 0.3) is 5.91 Å². The number of hydrogen-bond donors (Lipinski definition) is 1. The number of nitrogens with one attached hydrogen (secondary N) is 1. The number of ether oxygens (including phenoxy) is 1. The Kier molecular flexibility index (Phi) is 6.63. The van der Waals surface area contributed by atoms with Crippen molar-refractivity contribution in [1.29, 1.82) is 0 Å². The molecule has 0 fully saturated rings. The van der Waals surface area contributed by atoms with Gasteiger partial charge in [0, 0.05) is 5.56 Å². The molecule has 0 aliphatic rings. The first-order chi connectivity index (χ1) is 13.5. The van der Waals surface area contributed by atoms with Crippen molar-refractivity contribution in [2.75, 3.05) is 0 Å². The molecule has 4 nitrogen and oxygen atoms in total. The van der Waals surface area contributed by atoms with E-state index >= 15 is 0 Å². The van der Waals surface area contributed by atoms with Crippen molar-refractivity contribution in [1.82, 2.24) is 5.43 Å². The van der Waals surface area contributed by atoms with Crippen molar-refractivity contribution in [2.45, 2.75) is 6.61 Å². The predicted octanol–water partition coefficient (Wildman–Crippen LogP) is 5.48. The fourth-order valence-electron chi connectivity index (χ4n) is 2.28. The standard InChI is InChI=1S/C21H15Cl2FN2O2/c22-19-10-3-15(11-20(19)23)13-28-18-8-4-16(5-9-18)21(27)26-25-12-14-1-6-17(24)7-2-14/h1-12H,13H2,(H,26,27)/b25-12+. The lowest BCUT2D eigenvalue weighted by molar-refractivity contribution is 0.0955. The van der Waals surface area contributed by atoms with Crippen LogP contribution in [0.1, 0.15) is 21.5 Å². The van der Waals surface area contributed by atoms with E-state index < -0.39 is 0 Å². The topological polar surface area (TPSA) is 50.7 Å². The van der Waals surface area contributed by atoms with E-state index in [1.807, 2.05) is 6.07 Å². The summed E-state index contributed by atoms with van der Waals surface area (Å²) in [4.78, 5) is 12.1. The molecule has 1 N–H and O–H groups in total. The summed E-state index contributed by atoms with van der Waals surface area (Å²) in [5.74, 6) is -0.0884. The molecule has 0 unspecified atom stereocenters. The number of carbonyl (C=O) groups excluding carboxylic acids is 1. The first kappa shape index (κ1) is 19.9. The van der Waals surface area contributed by atoms with Crippen molar-refractivity contribution in [3.8, 4) is 5.75 Å². The molecule has 0 atom stereocenters. The second-order valence-corrected chi connectivity index (χ2v) is 6.63. The molecule has 7 heteroatoms. The van der Waals surface area contributed by atoms with Crippen molar-refractivity contribution >= 4 is 35.3 Å². The zero-order chi connectivity index (χ0) is 19.9. The van der Waals surface area contributed by atoms with Crippen LogP contribution in [0.15, 0.2) is 71.8 Å². The number of carbonyl (C=O) groups is 1. The molecule has 28 heavy (non-hydrogen) atoms. The van der Waals surface area contributed by atoms with Crippen LogP contribution in [-0.2, 0) is 6.61 Å². The average Bonchev–Trinajstić information content (AvgIpc) is 2.70. The zero-order valence-electron chi connectivity index (χ0n) is 14.5. The Labute approximate surface area is 171 Å². The minimum absolute atomic E-state index is 0.324. The number of nitrogens with zero attached hydrogens (tertiary/aromatic N) is 1. The molecular formula is C21H15Cl2FN2O2. The van der Waals surface area contributed by atoms with Gasteiger partial charge < -0.3 is 4.74 Å². The maximum absolute atomic E-state index is 12.8. The summed E-state index contributed by atoms with van der Waals surface area (Å²) in [6.07, 6.45) is 1.44. The molecule has 0 bridgehead atoms. The first-order valence-electron chi connectivity index (χ1n) is 8.27. The van der Waals surface area contributed by atoms with Gasteiger partial charge in [0.05, 0.1) is 16.3 Å². The van der Waals surface area contributed by atoms with Crippen LogP contribution in [0, 0.1) is 5.82 Å². The molecule has 0 aromatic heterocycles. The van der Waals surface area contributed by atoms with Crippen molar-refractivity contribution in [3.05, 3.63) is 99.3 Å². The van der Waals surface area contributed by atoms with Crippen molar-refractivity contribution < 1.29 is 13.9 Å². The number of hydrogen-bond acceptors (Lipinski definition) is 3. The number of amides is 1. The SMILES string of the molecule is O=C(N/N=C/c1ccc(F)cc1)c1ccc(OCc2ccc(Cl)c(Cl)c2)cc1. The second kappa shape index (κ2) is 9.35. The van der Waals surface area contributed by atoms with Gasteiger partial charge in [-0.1, -0.05) is 41.4 Å². The molecule has 142 valence electrons. The molecule has 3 aromatic rings. The Bertz CT molecular complexity index is 990. The first-order valence-corrected chi connectivity index (χ1v) is 9.02. The highest BCUT2D eigenvalue weighted by atomic mass is 35.5. The van der Waals surface area contributed by atoms with Gasteiger partial charge in [0.15, 0.2) is 0 Å². The third kappa shape index (κ3) is 5.55. The van der Waals surface area contributed by atoms with Gasteiger partial charge >= 0.3 is 0 Å². The molecule has 0 radical (unpaired) electrons. The largest absolute Gasteiger partial charge is 0.489 e. The Hall–Kier alpha value is -2.89. The fraction of sp³-hybridized carbons (Fsp3) is 0.0476. The summed E-state index contributed by atoms with van der Waals surface area (Å²) in [5, 5.41) is 4.82. The monoisotopic (exact) mass is 416 g/mol. The van der Waals surface area contributed by atoms with E-state index in [1.54, 1.807) is 48.5 Å². The lowest BCUT2D eigenvalue weighted by Gasteiger charge is -2.08. The molecule has 0 saturated heterocycles. The highest BCUT2D eigenvalue weighted by Gasteiger charge is 2.05. The quantitative estimate of drug-likeness (QED) is 0.427. The van der Waals surface area contributed by atoms with Crippen LogP contribution in [0.4, 0.5) is 4.39 Å². The highest BCUT2D eigenvalue weighted by Crippen LogP contribution is 2.23. The van der Waals surface area contributed by atoms with Crippen molar-refractivity contribution in [3.63, 3.8) is 0 Å². The van der Waals surface area contributed by atoms with E-state index in [0.29, 0.717) is 33.5 Å². The van der Waals surface area contributed by atoms with Crippen LogP contribution in [0.3, 0.4) is 0 Å². The van der Waals surface area contributed by atoms with E-state index in [9.17, 15) is 9.18 Å². The molecule has 3 rings (SSSR count). The highest BCUT2D eigenvalue weighted by molar-refractivity contribution is 6.42. The summed E-state index contributed by atoms with van der Waals surface area (Å²) in [6, 6.07) is 17.7. The Morgan fingerprint density at radius 1 is 1.00 bits per heavy atom. The van der Waals surface area contributed by atoms with Crippen LogP contribution in [0.2, 0.25) is 10.0 Å². The van der Waals surface area contributed by atoms with Crippen molar-refractivity contribution in [2.24, 2.45) is 5.10 Å². The number of rotatable bonds is 6. The fourth-order valence-corrected chi connectivity index (χ4v) is 2.60. The minimum atomic E-state index is -0.366. The van der Waals surface area contributed by atoms with Gasteiger partial charge in [-0.15, -0.1) is 0 Å². The molecule has 3 aromatic carbocycles. The maximum atomic E-state index is 12.8. The number of hydrazone groups is 1. The molecule has 0 spiro atoms. The van der Waals surface area contributed by atoms with Gasteiger partial charge in [0.2, 0.25) is 0 Å². The Morgan fingerprint density at radius 2 is 1.71 bits per heavy atom. The summed E-state index contributed by atoms with van der Waals surface area (Å²) in [7, 11) is 0. The van der Waals surface area contributed by atoms with Gasteiger partial charge in [-0.3, -0.25) is 4.79 Å². The van der Waals surface area contributed by atoms with Crippen LogP contribution in [-0.4, -0.2) is 12.1 Å². The van der Waals surface area contributed by atoms with Crippen LogP contribution < -0.4 is 10.2 Å². The lowest BCUT2D eigenvalue weighted by Crippen LogP contribution is -2.17. The summed E-state index contributed by atoms with van der Waals surface area (Å²) < 4.78 is 18.5. The molecule has 0 heterocycles. The lowest BCUT2D eigenvalue weighted by atomic mass is 10.2. The van der Waals surface area contributed by atoms with Crippen LogP contribution in [0.5, 0.6) is 5.75 Å². The molecule has 0 aliphatic carbocycles. The van der Waals surface area contributed by atoms with Gasteiger partial charge in [-0.2, -0.15) is 5.10 Å². The Morgan fingerprint density at radius 3 is 2.39 bits per heavy atom. The van der Waals surface area contributed by atoms with E-state index in [2.05, 4.69) is 10.5 Å². The maximum Gasteiger partial charge on any atom is 0.271 e. The number of halogens is 3. The third-order valence-corrected chi connectivity index (χ3v) is 4.49. The summed E-state index contributed by atoms with van der Waals surface area (Å²) in [6.45, 7) is 0.324. The van der Waals surface area contributed by atoms with Gasteiger partial charge in [0.1, 0.15) is 18.2 Å². The number of benzene rings is 3. The van der Waals surface area contributed by atoms with Gasteiger partial charge in [-0.25, -0.2) is 9.82 Å². The molecule has 1 amide bonds. The van der Waals surface area contributed by atoms with Crippen LogP contribution in [0.25, 0.3) is 0 Å². The normalized spacial score (nSPS) is 10.8. The van der Waals surface area contributed by atoms with Gasteiger partial charge in [-0.05, 0) is 59.7 Å². The molecular weight excluding hydrogens is 402 g/mol. The Balaban J connectivity index is 1.53. The second-order valence-electron chi connectivity index (χ2n) is 5.81. The van der Waals surface area contributed by atoms with E-state index in [4.69, 9.17) is 27.9 Å². The summed E-state index contributed by atoms with van der Waals surface area (Å²) >= 11 is 11.9. The molecule has 0 saturated carbocycles. The van der Waals surface area contributed by atoms with Crippen LogP contribution >= 0.6 is 23.2 Å². The molecule has 0 aliphatic heterocycles. The van der Waals surface area contributed by atoms with E-state index in [-0.39, 0.29) is 11.7 Å². The smallest absolute Gasteiger partial charge is 0.271 e.